The standard InChI is InChI=1S/C16H23N5/c1-4-5-6-7-21-14(8-12(2)3)16(10-18,11-19)13(9-17)15(21)20/h12,14H,4-8,20H2,1-3H3. The molecule has 2 N–H and O–H groups in total. The molecule has 1 aliphatic rings. The molecule has 0 bridgehead atoms. The highest BCUT2D eigenvalue weighted by molar-refractivity contribution is 5.50. The van der Waals surface area contributed by atoms with Crippen molar-refractivity contribution in [3.63, 3.8) is 0 Å². The van der Waals surface area contributed by atoms with Crippen LogP contribution in [0.15, 0.2) is 11.4 Å². The lowest BCUT2D eigenvalue weighted by molar-refractivity contribution is 0.195. The van der Waals surface area contributed by atoms with Gasteiger partial charge in [0.1, 0.15) is 17.5 Å². The van der Waals surface area contributed by atoms with Crippen molar-refractivity contribution in [1.82, 2.24) is 4.90 Å². The van der Waals surface area contributed by atoms with Crippen LogP contribution in [0.3, 0.4) is 0 Å². The first kappa shape index (κ1) is 16.9. The van der Waals surface area contributed by atoms with Gasteiger partial charge in [0.2, 0.25) is 5.41 Å². The van der Waals surface area contributed by atoms with Gasteiger partial charge in [0.25, 0.3) is 0 Å². The summed E-state index contributed by atoms with van der Waals surface area (Å²) >= 11 is 0. The molecule has 1 atom stereocenters. The Morgan fingerprint density at radius 3 is 2.29 bits per heavy atom. The van der Waals surface area contributed by atoms with Gasteiger partial charge < -0.3 is 10.6 Å². The van der Waals surface area contributed by atoms with Gasteiger partial charge in [0.15, 0.2) is 0 Å². The molecule has 0 aromatic rings. The van der Waals surface area contributed by atoms with Crippen LogP contribution in [0, 0.1) is 45.3 Å². The third-order valence-electron chi connectivity index (χ3n) is 4.00. The van der Waals surface area contributed by atoms with E-state index in [1.54, 1.807) is 0 Å². The molecule has 1 rings (SSSR count). The van der Waals surface area contributed by atoms with E-state index in [0.29, 0.717) is 24.7 Å². The van der Waals surface area contributed by atoms with Crippen molar-refractivity contribution >= 4 is 0 Å². The van der Waals surface area contributed by atoms with Crippen LogP contribution in [0.2, 0.25) is 0 Å². The largest absolute Gasteiger partial charge is 0.384 e. The molecule has 0 saturated carbocycles. The normalized spacial score (nSPS) is 20.2. The molecule has 1 aliphatic heterocycles. The van der Waals surface area contributed by atoms with E-state index < -0.39 is 5.41 Å². The Morgan fingerprint density at radius 1 is 1.24 bits per heavy atom. The second kappa shape index (κ2) is 7.00. The Morgan fingerprint density at radius 2 is 1.86 bits per heavy atom. The fraction of sp³-hybridized carbons (Fsp3) is 0.688. The smallest absolute Gasteiger partial charge is 0.201 e. The molecule has 0 amide bonds. The first-order valence-corrected chi connectivity index (χ1v) is 7.47. The Labute approximate surface area is 127 Å². The number of nitrogens with two attached hydrogens (primary N) is 1. The predicted molar refractivity (Wildman–Crippen MR) is 80.0 cm³/mol. The summed E-state index contributed by atoms with van der Waals surface area (Å²) in [6, 6.07) is 5.81. The summed E-state index contributed by atoms with van der Waals surface area (Å²) in [5.74, 6) is 0.623. The summed E-state index contributed by atoms with van der Waals surface area (Å²) in [6.45, 7) is 6.90. The van der Waals surface area contributed by atoms with E-state index in [1.807, 2.05) is 24.8 Å². The summed E-state index contributed by atoms with van der Waals surface area (Å²) in [5, 5.41) is 28.5. The third kappa shape index (κ3) is 2.96. The van der Waals surface area contributed by atoms with Crippen LogP contribution in [-0.4, -0.2) is 17.5 Å². The third-order valence-corrected chi connectivity index (χ3v) is 4.00. The van der Waals surface area contributed by atoms with Gasteiger partial charge >= 0.3 is 0 Å². The number of unbranched alkanes of at least 4 members (excludes halogenated alkanes) is 2. The molecule has 0 aromatic heterocycles. The van der Waals surface area contributed by atoms with Gasteiger partial charge in [-0.3, -0.25) is 0 Å². The molecule has 1 heterocycles. The number of nitriles is 3. The van der Waals surface area contributed by atoms with E-state index in [9.17, 15) is 15.8 Å². The number of nitrogens with zero attached hydrogens (tertiary/aromatic N) is 4. The lowest BCUT2D eigenvalue weighted by Gasteiger charge is -2.33. The van der Waals surface area contributed by atoms with Crippen LogP contribution in [0.1, 0.15) is 46.5 Å². The summed E-state index contributed by atoms with van der Waals surface area (Å²) in [6.07, 6.45) is 3.75. The summed E-state index contributed by atoms with van der Waals surface area (Å²) in [7, 11) is 0. The van der Waals surface area contributed by atoms with Crippen LogP contribution >= 0.6 is 0 Å². The van der Waals surface area contributed by atoms with Crippen molar-refractivity contribution in [1.29, 1.82) is 15.8 Å². The maximum absolute atomic E-state index is 9.57. The monoisotopic (exact) mass is 285 g/mol. The molecule has 0 fully saturated rings. The highest BCUT2D eigenvalue weighted by Gasteiger charge is 2.54. The molecule has 21 heavy (non-hydrogen) atoms. The zero-order valence-electron chi connectivity index (χ0n) is 13.1. The molecule has 5 nitrogen and oxygen atoms in total. The topological polar surface area (TPSA) is 101 Å². The van der Waals surface area contributed by atoms with Crippen LogP contribution in [0.4, 0.5) is 0 Å². The van der Waals surface area contributed by atoms with Crippen LogP contribution in [-0.2, 0) is 0 Å². The number of hydrogen-bond donors (Lipinski definition) is 1. The van der Waals surface area contributed by atoms with Gasteiger partial charge in [-0.2, -0.15) is 15.8 Å². The lowest BCUT2D eigenvalue weighted by atomic mass is 9.76. The first-order valence-electron chi connectivity index (χ1n) is 7.47. The molecule has 0 aromatic carbocycles. The molecular weight excluding hydrogens is 262 g/mol. The summed E-state index contributed by atoms with van der Waals surface area (Å²) in [4.78, 5) is 1.90. The summed E-state index contributed by atoms with van der Waals surface area (Å²) in [5.41, 5.74) is 4.77. The fourth-order valence-corrected chi connectivity index (χ4v) is 2.90. The first-order chi connectivity index (χ1) is 9.98. The maximum Gasteiger partial charge on any atom is 0.201 e. The minimum atomic E-state index is -1.44. The van der Waals surface area contributed by atoms with Gasteiger partial charge in [0.05, 0.1) is 18.2 Å². The highest BCUT2D eigenvalue weighted by atomic mass is 15.3. The molecule has 0 saturated heterocycles. The van der Waals surface area contributed by atoms with E-state index >= 15 is 0 Å². The molecule has 112 valence electrons. The Bertz CT molecular complexity index is 512. The lowest BCUT2D eigenvalue weighted by Crippen LogP contribution is -2.42. The zero-order valence-corrected chi connectivity index (χ0v) is 13.1. The molecule has 5 heteroatoms. The van der Waals surface area contributed by atoms with Crippen molar-refractivity contribution in [3.05, 3.63) is 11.4 Å². The molecule has 0 radical (unpaired) electrons. The van der Waals surface area contributed by atoms with Crippen molar-refractivity contribution in [2.45, 2.75) is 52.5 Å². The second-order valence-electron chi connectivity index (χ2n) is 5.95. The van der Waals surface area contributed by atoms with Gasteiger partial charge in [-0.05, 0) is 18.8 Å². The van der Waals surface area contributed by atoms with Gasteiger partial charge in [0, 0.05) is 6.54 Å². The van der Waals surface area contributed by atoms with E-state index in [2.05, 4.69) is 19.1 Å². The zero-order chi connectivity index (χ0) is 16.0. The van der Waals surface area contributed by atoms with Crippen LogP contribution in [0.5, 0.6) is 0 Å². The van der Waals surface area contributed by atoms with Crippen LogP contribution < -0.4 is 5.73 Å². The minimum absolute atomic E-state index is 0.120. The van der Waals surface area contributed by atoms with E-state index in [4.69, 9.17) is 5.73 Å². The molecule has 0 aliphatic carbocycles. The number of rotatable bonds is 6. The van der Waals surface area contributed by atoms with E-state index in [0.717, 1.165) is 19.3 Å². The van der Waals surface area contributed by atoms with E-state index in [1.165, 1.54) is 0 Å². The SMILES string of the molecule is CCCCCN1C(N)=C(C#N)C(C#N)(C#N)C1CC(C)C. The van der Waals surface area contributed by atoms with Crippen molar-refractivity contribution in [3.8, 4) is 18.2 Å². The molecule has 1 unspecified atom stereocenters. The Kier molecular flexibility index (Phi) is 5.62. The molecular formula is C16H23N5. The van der Waals surface area contributed by atoms with Gasteiger partial charge in [-0.1, -0.05) is 33.6 Å². The van der Waals surface area contributed by atoms with Crippen molar-refractivity contribution in [2.75, 3.05) is 6.54 Å². The number of hydrogen-bond acceptors (Lipinski definition) is 5. The highest BCUT2D eigenvalue weighted by Crippen LogP contribution is 2.44. The van der Waals surface area contributed by atoms with Gasteiger partial charge in [-0.25, -0.2) is 0 Å². The average molecular weight is 285 g/mol. The quantitative estimate of drug-likeness (QED) is 0.756. The van der Waals surface area contributed by atoms with Gasteiger partial charge in [-0.15, -0.1) is 0 Å². The average Bonchev–Trinajstić information content (AvgIpc) is 2.68. The van der Waals surface area contributed by atoms with Crippen LogP contribution in [0.25, 0.3) is 0 Å². The van der Waals surface area contributed by atoms with Crippen molar-refractivity contribution < 1.29 is 0 Å². The Hall–Kier alpha value is -2.19. The second-order valence-corrected chi connectivity index (χ2v) is 5.95. The van der Waals surface area contributed by atoms with Crippen molar-refractivity contribution in [2.24, 2.45) is 17.1 Å². The molecule has 0 spiro atoms. The van der Waals surface area contributed by atoms with E-state index in [-0.39, 0.29) is 11.6 Å². The summed E-state index contributed by atoms with van der Waals surface area (Å²) < 4.78 is 0. The fourth-order valence-electron chi connectivity index (χ4n) is 2.90. The minimum Gasteiger partial charge on any atom is -0.384 e. The Balaban J connectivity index is 3.22. The maximum atomic E-state index is 9.57. The predicted octanol–water partition coefficient (Wildman–Crippen LogP) is 2.63.